The van der Waals surface area contributed by atoms with Crippen molar-refractivity contribution in [2.75, 3.05) is 20.2 Å². The topological polar surface area (TPSA) is 58.5 Å². The van der Waals surface area contributed by atoms with Crippen molar-refractivity contribution in [3.05, 3.63) is 16.1 Å². The minimum Gasteiger partial charge on any atom is -0.379 e. The van der Waals surface area contributed by atoms with Crippen LogP contribution < -0.4 is 10.6 Å². The second kappa shape index (κ2) is 8.34. The zero-order valence-electron chi connectivity index (χ0n) is 14.0. The summed E-state index contributed by atoms with van der Waals surface area (Å²) in [7, 11) is 1.75. The third-order valence-corrected chi connectivity index (χ3v) is 3.99. The first-order valence-corrected chi connectivity index (χ1v) is 8.14. The van der Waals surface area contributed by atoms with Crippen molar-refractivity contribution in [1.82, 2.24) is 15.6 Å². The van der Waals surface area contributed by atoms with Gasteiger partial charge in [-0.15, -0.1) is 11.3 Å². The molecule has 0 amide bonds. The Morgan fingerprint density at radius 3 is 2.62 bits per heavy atom. The van der Waals surface area contributed by atoms with Crippen LogP contribution in [0.5, 0.6) is 0 Å². The molecule has 1 aromatic rings. The monoisotopic (exact) mass is 312 g/mol. The maximum absolute atomic E-state index is 5.55. The van der Waals surface area contributed by atoms with E-state index in [2.05, 4.69) is 55.2 Å². The summed E-state index contributed by atoms with van der Waals surface area (Å²) < 4.78 is 5.55. The van der Waals surface area contributed by atoms with E-state index in [4.69, 9.17) is 4.74 Å². The van der Waals surface area contributed by atoms with Gasteiger partial charge in [0.15, 0.2) is 5.96 Å². The molecule has 0 aliphatic rings. The summed E-state index contributed by atoms with van der Waals surface area (Å²) in [5.74, 6) is 0.802. The molecule has 120 valence electrons. The molecule has 1 heterocycles. The van der Waals surface area contributed by atoms with Crippen molar-refractivity contribution < 1.29 is 4.74 Å². The van der Waals surface area contributed by atoms with Gasteiger partial charge in [-0.05, 0) is 19.3 Å². The molecule has 0 aliphatic carbocycles. The molecule has 0 aliphatic heterocycles. The fraction of sp³-hybridized carbons (Fsp3) is 0.733. The summed E-state index contributed by atoms with van der Waals surface area (Å²) in [5, 5.41) is 7.63. The molecule has 0 aromatic carbocycles. The molecule has 1 unspecified atom stereocenters. The molecule has 2 N–H and O–H groups in total. The molecule has 21 heavy (non-hydrogen) atoms. The summed E-state index contributed by atoms with van der Waals surface area (Å²) in [6.07, 6.45) is 2.01. The van der Waals surface area contributed by atoms with Crippen LogP contribution in [0.1, 0.15) is 37.6 Å². The van der Waals surface area contributed by atoms with Gasteiger partial charge < -0.3 is 15.4 Å². The van der Waals surface area contributed by atoms with Crippen LogP contribution in [0.2, 0.25) is 0 Å². The molecule has 1 atom stereocenters. The van der Waals surface area contributed by atoms with Crippen LogP contribution in [0.3, 0.4) is 0 Å². The van der Waals surface area contributed by atoms with E-state index in [0.29, 0.717) is 6.54 Å². The van der Waals surface area contributed by atoms with Crippen molar-refractivity contribution in [1.29, 1.82) is 0 Å². The molecule has 6 heteroatoms. The van der Waals surface area contributed by atoms with Gasteiger partial charge in [0, 0.05) is 31.3 Å². The van der Waals surface area contributed by atoms with Crippen LogP contribution in [-0.4, -0.2) is 37.2 Å². The molecule has 1 rings (SSSR count). The molecule has 0 spiro atoms. The van der Waals surface area contributed by atoms with Crippen LogP contribution in [0.4, 0.5) is 0 Å². The first-order chi connectivity index (χ1) is 9.86. The summed E-state index contributed by atoms with van der Waals surface area (Å²) in [6, 6.07) is 0. The Bertz CT molecular complexity index is 451. The Morgan fingerprint density at radius 2 is 2.14 bits per heavy atom. The number of aryl methyl sites for hydroxylation is 1. The first kappa shape index (κ1) is 17.9. The highest BCUT2D eigenvalue weighted by molar-refractivity contribution is 7.11. The van der Waals surface area contributed by atoms with Gasteiger partial charge in [0.2, 0.25) is 0 Å². The Hall–Kier alpha value is -1.14. The highest BCUT2D eigenvalue weighted by Crippen LogP contribution is 2.20. The molecular weight excluding hydrogens is 284 g/mol. The van der Waals surface area contributed by atoms with Crippen molar-refractivity contribution in [2.45, 2.75) is 47.3 Å². The number of aliphatic imine (C=N–C) groups is 1. The van der Waals surface area contributed by atoms with Crippen molar-refractivity contribution in [2.24, 2.45) is 10.4 Å². The number of nitrogens with zero attached hydrogens (tertiary/aromatic N) is 2. The summed E-state index contributed by atoms with van der Waals surface area (Å²) in [6.45, 7) is 12.8. The second-order valence-corrected chi connectivity index (χ2v) is 7.35. The summed E-state index contributed by atoms with van der Waals surface area (Å²) >= 11 is 1.68. The molecule has 1 aromatic heterocycles. The predicted octanol–water partition coefficient (Wildman–Crippen LogP) is 2.57. The quantitative estimate of drug-likeness (QED) is 0.626. The van der Waals surface area contributed by atoms with E-state index < -0.39 is 0 Å². The van der Waals surface area contributed by atoms with E-state index in [1.54, 1.807) is 18.4 Å². The fourth-order valence-electron chi connectivity index (χ4n) is 1.90. The number of hydrogen-bond donors (Lipinski definition) is 2. The molecule has 0 saturated heterocycles. The molecule has 0 radical (unpaired) electrons. The highest BCUT2D eigenvalue weighted by atomic mass is 32.1. The third kappa shape index (κ3) is 6.44. The van der Waals surface area contributed by atoms with Crippen LogP contribution >= 0.6 is 11.3 Å². The highest BCUT2D eigenvalue weighted by Gasteiger charge is 2.24. The van der Waals surface area contributed by atoms with Crippen molar-refractivity contribution >= 4 is 17.3 Å². The number of aromatic nitrogens is 1. The molecule has 0 fully saturated rings. The summed E-state index contributed by atoms with van der Waals surface area (Å²) in [5.41, 5.74) is 0.0888. The number of thiazole rings is 1. The lowest BCUT2D eigenvalue weighted by Gasteiger charge is -2.30. The predicted molar refractivity (Wildman–Crippen MR) is 89.9 cm³/mol. The number of ether oxygens (including phenoxy) is 1. The van der Waals surface area contributed by atoms with Gasteiger partial charge in [0.25, 0.3) is 0 Å². The van der Waals surface area contributed by atoms with Crippen LogP contribution in [0, 0.1) is 12.3 Å². The number of guanidine groups is 1. The fourth-order valence-corrected chi connectivity index (χ4v) is 2.61. The standard InChI is InChI=1S/C15H28N4OS/c1-7-16-14(18-9-12(20-6)15(3,4)5)19-10-13-17-8-11(2)21-13/h8,12H,7,9-10H2,1-6H3,(H2,16,18,19). The van der Waals surface area contributed by atoms with Gasteiger partial charge in [-0.2, -0.15) is 0 Å². The van der Waals surface area contributed by atoms with E-state index >= 15 is 0 Å². The average Bonchev–Trinajstić information content (AvgIpc) is 2.80. The number of nitrogens with one attached hydrogen (secondary N) is 2. The maximum atomic E-state index is 5.55. The van der Waals surface area contributed by atoms with Crippen molar-refractivity contribution in [3.63, 3.8) is 0 Å². The van der Waals surface area contributed by atoms with E-state index in [9.17, 15) is 0 Å². The lowest BCUT2D eigenvalue weighted by molar-refractivity contribution is 0.0205. The first-order valence-electron chi connectivity index (χ1n) is 7.33. The van der Waals surface area contributed by atoms with Gasteiger partial charge in [-0.1, -0.05) is 20.8 Å². The van der Waals surface area contributed by atoms with Gasteiger partial charge >= 0.3 is 0 Å². The Kier molecular flexibility index (Phi) is 7.11. The second-order valence-electron chi connectivity index (χ2n) is 6.03. The van der Waals surface area contributed by atoms with E-state index in [1.807, 2.05) is 6.20 Å². The molecule has 0 saturated carbocycles. The van der Waals surface area contributed by atoms with Crippen LogP contribution in [0.25, 0.3) is 0 Å². The zero-order chi connectivity index (χ0) is 15.9. The van der Waals surface area contributed by atoms with E-state index in [-0.39, 0.29) is 11.5 Å². The average molecular weight is 312 g/mol. The Morgan fingerprint density at radius 1 is 1.43 bits per heavy atom. The molecule has 5 nitrogen and oxygen atoms in total. The Labute approximate surface area is 132 Å². The molecule has 0 bridgehead atoms. The maximum Gasteiger partial charge on any atom is 0.191 e. The number of rotatable bonds is 6. The molecular formula is C15H28N4OS. The minimum atomic E-state index is 0.0888. The van der Waals surface area contributed by atoms with Crippen molar-refractivity contribution in [3.8, 4) is 0 Å². The van der Waals surface area contributed by atoms with Gasteiger partial charge in [-0.3, -0.25) is 0 Å². The van der Waals surface area contributed by atoms with Crippen LogP contribution in [0.15, 0.2) is 11.2 Å². The summed E-state index contributed by atoms with van der Waals surface area (Å²) in [4.78, 5) is 10.1. The Balaban J connectivity index is 2.60. The normalized spacial score (nSPS) is 14.1. The largest absolute Gasteiger partial charge is 0.379 e. The number of methoxy groups -OCH3 is 1. The van der Waals surface area contributed by atoms with Gasteiger partial charge in [-0.25, -0.2) is 9.98 Å². The smallest absolute Gasteiger partial charge is 0.191 e. The minimum absolute atomic E-state index is 0.0888. The van der Waals surface area contributed by atoms with Gasteiger partial charge in [0.05, 0.1) is 12.6 Å². The van der Waals surface area contributed by atoms with E-state index in [0.717, 1.165) is 24.1 Å². The lowest BCUT2D eigenvalue weighted by Crippen LogP contribution is -2.45. The SMILES string of the molecule is CCNC(=NCc1ncc(C)s1)NCC(OC)C(C)(C)C. The van der Waals surface area contributed by atoms with Gasteiger partial charge in [0.1, 0.15) is 5.01 Å². The van der Waals surface area contributed by atoms with Crippen LogP contribution in [-0.2, 0) is 11.3 Å². The van der Waals surface area contributed by atoms with E-state index in [1.165, 1.54) is 4.88 Å². The zero-order valence-corrected chi connectivity index (χ0v) is 14.8. The lowest BCUT2D eigenvalue weighted by atomic mass is 9.89. The number of hydrogen-bond acceptors (Lipinski definition) is 4. The third-order valence-electron chi connectivity index (χ3n) is 3.09.